The fourth-order valence-corrected chi connectivity index (χ4v) is 2.26. The van der Waals surface area contributed by atoms with Crippen LogP contribution in [0.1, 0.15) is 18.4 Å². The summed E-state index contributed by atoms with van der Waals surface area (Å²) in [5.41, 5.74) is 5.54. The lowest BCUT2D eigenvalue weighted by Gasteiger charge is -2.44. The molecular weight excluding hydrogens is 232 g/mol. The number of primary amides is 1. The summed E-state index contributed by atoms with van der Waals surface area (Å²) < 4.78 is 0. The van der Waals surface area contributed by atoms with Crippen LogP contribution < -0.4 is 11.1 Å². The van der Waals surface area contributed by atoms with E-state index in [2.05, 4.69) is 5.32 Å². The molecular formula is C13H16N2O3. The van der Waals surface area contributed by atoms with Crippen molar-refractivity contribution in [2.24, 2.45) is 11.7 Å². The van der Waals surface area contributed by atoms with E-state index in [-0.39, 0.29) is 12.8 Å². The minimum Gasteiger partial charge on any atom is -0.481 e. The van der Waals surface area contributed by atoms with Crippen molar-refractivity contribution < 1.29 is 14.7 Å². The van der Waals surface area contributed by atoms with Gasteiger partial charge in [0.05, 0.1) is 11.5 Å². The quantitative estimate of drug-likeness (QED) is 0.707. The Morgan fingerprint density at radius 1 is 1.33 bits per heavy atom. The zero-order valence-corrected chi connectivity index (χ0v) is 9.93. The Balaban J connectivity index is 1.97. The molecule has 5 heteroatoms. The summed E-state index contributed by atoms with van der Waals surface area (Å²) >= 11 is 0. The third kappa shape index (κ3) is 2.36. The monoisotopic (exact) mass is 248 g/mol. The fraction of sp³-hybridized carbons (Fsp3) is 0.385. The van der Waals surface area contributed by atoms with Crippen molar-refractivity contribution in [1.82, 2.24) is 5.32 Å². The van der Waals surface area contributed by atoms with Gasteiger partial charge in [-0.05, 0) is 18.4 Å². The van der Waals surface area contributed by atoms with E-state index in [1.165, 1.54) is 0 Å². The molecule has 0 heterocycles. The third-order valence-electron chi connectivity index (χ3n) is 3.48. The molecule has 1 aliphatic carbocycles. The number of hydrogen-bond donors (Lipinski definition) is 3. The molecule has 1 saturated carbocycles. The lowest BCUT2D eigenvalue weighted by molar-refractivity contribution is -0.150. The highest BCUT2D eigenvalue weighted by Crippen LogP contribution is 2.38. The highest BCUT2D eigenvalue weighted by molar-refractivity contribution is 5.88. The second-order valence-corrected chi connectivity index (χ2v) is 4.73. The van der Waals surface area contributed by atoms with Crippen molar-refractivity contribution in [1.29, 1.82) is 0 Å². The second kappa shape index (κ2) is 4.78. The van der Waals surface area contributed by atoms with E-state index in [0.717, 1.165) is 5.56 Å². The molecule has 1 aliphatic rings. The zero-order chi connectivity index (χ0) is 13.2. The van der Waals surface area contributed by atoms with Gasteiger partial charge in [0.25, 0.3) is 0 Å². The molecule has 0 aromatic heterocycles. The number of amides is 1. The van der Waals surface area contributed by atoms with Gasteiger partial charge in [-0.25, -0.2) is 0 Å². The first-order chi connectivity index (χ1) is 8.53. The predicted octanol–water partition coefficient (Wildman–Crippen LogP) is 0.495. The molecule has 1 aromatic rings. The Bertz CT molecular complexity index is 453. The lowest BCUT2D eigenvalue weighted by atomic mass is 9.67. The number of carbonyl (C=O) groups excluding carboxylic acids is 1. The van der Waals surface area contributed by atoms with E-state index in [4.69, 9.17) is 10.8 Å². The van der Waals surface area contributed by atoms with Crippen LogP contribution in [0, 0.1) is 5.92 Å². The molecule has 0 unspecified atom stereocenters. The molecule has 0 spiro atoms. The van der Waals surface area contributed by atoms with Crippen molar-refractivity contribution in [2.45, 2.75) is 24.9 Å². The normalized spacial score (nSPS) is 26.3. The molecule has 1 aromatic carbocycles. The van der Waals surface area contributed by atoms with E-state index in [0.29, 0.717) is 6.54 Å². The average molecular weight is 248 g/mol. The molecule has 4 N–H and O–H groups in total. The summed E-state index contributed by atoms with van der Waals surface area (Å²) in [4.78, 5) is 22.2. The number of carboxylic acids is 1. The number of hydrogen-bond acceptors (Lipinski definition) is 3. The first kappa shape index (κ1) is 12.6. The number of aliphatic carboxylic acids is 1. The van der Waals surface area contributed by atoms with Gasteiger partial charge >= 0.3 is 5.97 Å². The van der Waals surface area contributed by atoms with Crippen molar-refractivity contribution in [3.8, 4) is 0 Å². The van der Waals surface area contributed by atoms with E-state index in [1.807, 2.05) is 30.3 Å². The molecule has 0 radical (unpaired) electrons. The van der Waals surface area contributed by atoms with Crippen LogP contribution in [0.3, 0.4) is 0 Å². The Morgan fingerprint density at radius 3 is 2.44 bits per heavy atom. The van der Waals surface area contributed by atoms with Crippen LogP contribution >= 0.6 is 0 Å². The molecule has 0 saturated heterocycles. The minimum absolute atomic E-state index is 0.268. The van der Waals surface area contributed by atoms with Gasteiger partial charge in [0.15, 0.2) is 0 Å². The molecule has 1 amide bonds. The SMILES string of the molecule is NC(=O)C1(NCc2ccccc2)CC(C(=O)O)C1. The van der Waals surface area contributed by atoms with Crippen LogP contribution in [0.4, 0.5) is 0 Å². The maximum Gasteiger partial charge on any atom is 0.306 e. The van der Waals surface area contributed by atoms with Crippen LogP contribution in [-0.2, 0) is 16.1 Å². The summed E-state index contributed by atoms with van der Waals surface area (Å²) in [7, 11) is 0. The first-order valence-electron chi connectivity index (χ1n) is 5.85. The number of carbonyl (C=O) groups is 2. The molecule has 5 nitrogen and oxygen atoms in total. The van der Waals surface area contributed by atoms with E-state index in [1.54, 1.807) is 0 Å². The third-order valence-corrected chi connectivity index (χ3v) is 3.48. The molecule has 2 rings (SSSR count). The second-order valence-electron chi connectivity index (χ2n) is 4.73. The molecule has 96 valence electrons. The number of carboxylic acid groups (broad SMARTS) is 1. The highest BCUT2D eigenvalue weighted by Gasteiger charge is 2.51. The van der Waals surface area contributed by atoms with Crippen LogP contribution in [0.2, 0.25) is 0 Å². The average Bonchev–Trinajstić information content (AvgIpc) is 2.28. The van der Waals surface area contributed by atoms with Crippen LogP contribution in [-0.4, -0.2) is 22.5 Å². The summed E-state index contributed by atoms with van der Waals surface area (Å²) in [6.07, 6.45) is 0.537. The number of benzene rings is 1. The van der Waals surface area contributed by atoms with Gasteiger partial charge in [0.1, 0.15) is 0 Å². The van der Waals surface area contributed by atoms with Crippen LogP contribution in [0.15, 0.2) is 30.3 Å². The van der Waals surface area contributed by atoms with Crippen molar-refractivity contribution in [3.63, 3.8) is 0 Å². The van der Waals surface area contributed by atoms with E-state index < -0.39 is 23.3 Å². The van der Waals surface area contributed by atoms with Crippen LogP contribution in [0.25, 0.3) is 0 Å². The molecule has 1 fully saturated rings. The number of rotatable bonds is 5. The molecule has 0 bridgehead atoms. The van der Waals surface area contributed by atoms with E-state index >= 15 is 0 Å². The summed E-state index contributed by atoms with van der Waals surface area (Å²) in [5, 5.41) is 11.9. The molecule has 18 heavy (non-hydrogen) atoms. The Labute approximate surface area is 105 Å². The van der Waals surface area contributed by atoms with Crippen molar-refractivity contribution in [3.05, 3.63) is 35.9 Å². The van der Waals surface area contributed by atoms with Gasteiger partial charge in [-0.3, -0.25) is 14.9 Å². The van der Waals surface area contributed by atoms with Gasteiger partial charge in [-0.2, -0.15) is 0 Å². The predicted molar refractivity (Wildman–Crippen MR) is 65.6 cm³/mol. The van der Waals surface area contributed by atoms with Gasteiger partial charge < -0.3 is 10.8 Å². The minimum atomic E-state index is -0.867. The zero-order valence-electron chi connectivity index (χ0n) is 9.93. The maximum absolute atomic E-state index is 11.5. The Kier molecular flexibility index (Phi) is 3.34. The van der Waals surface area contributed by atoms with E-state index in [9.17, 15) is 9.59 Å². The van der Waals surface area contributed by atoms with Gasteiger partial charge in [0.2, 0.25) is 5.91 Å². The molecule has 0 aliphatic heterocycles. The number of nitrogens with two attached hydrogens (primary N) is 1. The van der Waals surface area contributed by atoms with Gasteiger partial charge in [-0.15, -0.1) is 0 Å². The summed E-state index contributed by atoms with van der Waals surface area (Å²) in [5.74, 6) is -1.81. The summed E-state index contributed by atoms with van der Waals surface area (Å²) in [6.45, 7) is 0.510. The highest BCUT2D eigenvalue weighted by atomic mass is 16.4. The lowest BCUT2D eigenvalue weighted by Crippen LogP contribution is -2.64. The van der Waals surface area contributed by atoms with Crippen molar-refractivity contribution >= 4 is 11.9 Å². The van der Waals surface area contributed by atoms with Crippen LogP contribution in [0.5, 0.6) is 0 Å². The topological polar surface area (TPSA) is 92.4 Å². The maximum atomic E-state index is 11.5. The van der Waals surface area contributed by atoms with Gasteiger partial charge in [-0.1, -0.05) is 30.3 Å². The number of nitrogens with one attached hydrogen (secondary N) is 1. The Hall–Kier alpha value is -1.88. The standard InChI is InChI=1S/C13H16N2O3/c14-12(18)13(6-10(7-13)11(16)17)15-8-9-4-2-1-3-5-9/h1-5,10,15H,6-8H2,(H2,14,18)(H,16,17). The van der Waals surface area contributed by atoms with Gasteiger partial charge in [0, 0.05) is 6.54 Å². The fourth-order valence-electron chi connectivity index (χ4n) is 2.26. The molecule has 0 atom stereocenters. The largest absolute Gasteiger partial charge is 0.481 e. The first-order valence-corrected chi connectivity index (χ1v) is 5.85. The Morgan fingerprint density at radius 2 is 1.94 bits per heavy atom. The van der Waals surface area contributed by atoms with Crippen molar-refractivity contribution in [2.75, 3.05) is 0 Å². The summed E-state index contributed by atoms with van der Waals surface area (Å²) in [6, 6.07) is 9.62. The smallest absolute Gasteiger partial charge is 0.306 e.